The summed E-state index contributed by atoms with van der Waals surface area (Å²) in [6.07, 6.45) is 1.57. The van der Waals surface area contributed by atoms with Gasteiger partial charge in [-0.15, -0.1) is 6.58 Å². The van der Waals surface area contributed by atoms with Gasteiger partial charge in [0.25, 0.3) is 15.9 Å². The van der Waals surface area contributed by atoms with Crippen LogP contribution in [0.15, 0.2) is 60.0 Å². The minimum Gasteiger partial charge on any atom is -0.349 e. The molecule has 24 heavy (non-hydrogen) atoms. The Hall–Kier alpha value is -2.60. The van der Waals surface area contributed by atoms with Gasteiger partial charge >= 0.3 is 0 Å². The number of hydrogen-bond donors (Lipinski definition) is 2. The molecule has 2 aromatic rings. The molecule has 6 heteroatoms. The summed E-state index contributed by atoms with van der Waals surface area (Å²) in [5, 5.41) is 2.64. The minimum atomic E-state index is -3.72. The van der Waals surface area contributed by atoms with E-state index in [0.29, 0.717) is 17.8 Å². The number of amides is 1. The Morgan fingerprint density at radius 3 is 2.21 bits per heavy atom. The number of para-hydroxylation sites is 1. The van der Waals surface area contributed by atoms with E-state index in [1.165, 1.54) is 24.3 Å². The van der Waals surface area contributed by atoms with Crippen molar-refractivity contribution < 1.29 is 13.2 Å². The molecule has 2 N–H and O–H groups in total. The molecule has 1 amide bonds. The number of nitrogens with one attached hydrogen (secondary N) is 2. The Labute approximate surface area is 142 Å². The molecule has 0 atom stereocenters. The van der Waals surface area contributed by atoms with Crippen LogP contribution in [-0.4, -0.2) is 20.9 Å². The average Bonchev–Trinajstić information content (AvgIpc) is 2.56. The van der Waals surface area contributed by atoms with E-state index < -0.39 is 10.0 Å². The lowest BCUT2D eigenvalue weighted by Gasteiger charge is -2.13. The summed E-state index contributed by atoms with van der Waals surface area (Å²) in [6.45, 7) is 7.57. The Bertz CT molecular complexity index is 836. The van der Waals surface area contributed by atoms with Gasteiger partial charge in [0.1, 0.15) is 0 Å². The number of carbonyl (C=O) groups is 1. The van der Waals surface area contributed by atoms with Gasteiger partial charge in [-0.3, -0.25) is 9.52 Å². The number of benzene rings is 2. The first-order valence-electron chi connectivity index (χ1n) is 7.43. The second kappa shape index (κ2) is 7.31. The molecule has 2 rings (SSSR count). The van der Waals surface area contributed by atoms with Crippen LogP contribution >= 0.6 is 0 Å². The smallest absolute Gasteiger partial charge is 0.261 e. The van der Waals surface area contributed by atoms with Crippen LogP contribution in [0.4, 0.5) is 5.69 Å². The van der Waals surface area contributed by atoms with Crippen molar-refractivity contribution in [2.75, 3.05) is 11.3 Å². The van der Waals surface area contributed by atoms with Gasteiger partial charge in [0.15, 0.2) is 0 Å². The molecule has 0 unspecified atom stereocenters. The zero-order valence-corrected chi connectivity index (χ0v) is 14.5. The molecule has 0 fully saturated rings. The van der Waals surface area contributed by atoms with E-state index in [-0.39, 0.29) is 10.8 Å². The fraction of sp³-hybridized carbons (Fsp3) is 0.167. The second-order valence-electron chi connectivity index (χ2n) is 5.40. The SMILES string of the molecule is C=CCNC(=O)c1ccc(S(=O)(=O)Nc2c(C)cccc2C)cc1. The van der Waals surface area contributed by atoms with Crippen molar-refractivity contribution in [2.45, 2.75) is 18.7 Å². The average molecular weight is 344 g/mol. The van der Waals surface area contributed by atoms with E-state index in [0.717, 1.165) is 11.1 Å². The van der Waals surface area contributed by atoms with Crippen molar-refractivity contribution in [1.29, 1.82) is 0 Å². The lowest BCUT2D eigenvalue weighted by Crippen LogP contribution is -2.23. The summed E-state index contributed by atoms with van der Waals surface area (Å²) in [5.74, 6) is -0.276. The standard InChI is InChI=1S/C18H20N2O3S/c1-4-12-19-18(21)15-8-10-16(11-9-15)24(22,23)20-17-13(2)6-5-7-14(17)3/h4-11,20H,1,12H2,2-3H3,(H,19,21). The Kier molecular flexibility index (Phi) is 5.41. The van der Waals surface area contributed by atoms with E-state index in [1.807, 2.05) is 32.0 Å². The maximum atomic E-state index is 12.5. The van der Waals surface area contributed by atoms with Crippen LogP contribution < -0.4 is 10.0 Å². The Morgan fingerprint density at radius 2 is 1.67 bits per heavy atom. The van der Waals surface area contributed by atoms with Gasteiger partial charge in [-0.05, 0) is 49.2 Å². The van der Waals surface area contributed by atoms with Gasteiger partial charge < -0.3 is 5.32 Å². The van der Waals surface area contributed by atoms with Gasteiger partial charge in [0.2, 0.25) is 0 Å². The molecule has 0 aromatic heterocycles. The van der Waals surface area contributed by atoms with E-state index in [1.54, 1.807) is 6.08 Å². The summed E-state index contributed by atoms with van der Waals surface area (Å²) in [4.78, 5) is 11.9. The Morgan fingerprint density at radius 1 is 1.08 bits per heavy atom. The van der Waals surface area contributed by atoms with Crippen molar-refractivity contribution in [3.63, 3.8) is 0 Å². The molecular formula is C18H20N2O3S. The predicted octanol–water partition coefficient (Wildman–Crippen LogP) is 3.02. The van der Waals surface area contributed by atoms with Gasteiger partial charge in [-0.1, -0.05) is 24.3 Å². The van der Waals surface area contributed by atoms with Gasteiger partial charge in [-0.2, -0.15) is 0 Å². The number of sulfonamides is 1. The lowest BCUT2D eigenvalue weighted by molar-refractivity contribution is 0.0958. The lowest BCUT2D eigenvalue weighted by atomic mass is 10.1. The predicted molar refractivity (Wildman–Crippen MR) is 95.7 cm³/mol. The molecule has 5 nitrogen and oxygen atoms in total. The molecule has 2 aromatic carbocycles. The van der Waals surface area contributed by atoms with Crippen LogP contribution in [-0.2, 0) is 10.0 Å². The quantitative estimate of drug-likeness (QED) is 0.791. The number of anilines is 1. The molecule has 0 aliphatic carbocycles. The Balaban J connectivity index is 2.24. The largest absolute Gasteiger partial charge is 0.349 e. The third-order valence-corrected chi connectivity index (χ3v) is 4.92. The topological polar surface area (TPSA) is 75.3 Å². The van der Waals surface area contributed by atoms with Crippen molar-refractivity contribution in [3.8, 4) is 0 Å². The van der Waals surface area contributed by atoms with Crippen molar-refractivity contribution in [3.05, 3.63) is 71.8 Å². The monoisotopic (exact) mass is 344 g/mol. The summed E-state index contributed by atoms with van der Waals surface area (Å²) >= 11 is 0. The molecular weight excluding hydrogens is 324 g/mol. The maximum absolute atomic E-state index is 12.5. The van der Waals surface area contributed by atoms with E-state index in [9.17, 15) is 13.2 Å². The van der Waals surface area contributed by atoms with E-state index in [2.05, 4.69) is 16.6 Å². The first kappa shape index (κ1) is 17.7. The highest BCUT2D eigenvalue weighted by Crippen LogP contribution is 2.23. The molecule has 0 bridgehead atoms. The summed E-state index contributed by atoms with van der Waals surface area (Å²) < 4.78 is 27.7. The van der Waals surface area contributed by atoms with Gasteiger partial charge in [0.05, 0.1) is 10.6 Å². The van der Waals surface area contributed by atoms with Crippen LogP contribution in [0, 0.1) is 13.8 Å². The minimum absolute atomic E-state index is 0.102. The highest BCUT2D eigenvalue weighted by Gasteiger charge is 2.17. The fourth-order valence-electron chi connectivity index (χ4n) is 2.22. The number of aryl methyl sites for hydroxylation is 2. The molecule has 0 aliphatic rings. The number of rotatable bonds is 6. The van der Waals surface area contributed by atoms with Crippen LogP contribution in [0.1, 0.15) is 21.5 Å². The molecule has 0 radical (unpaired) electrons. The molecule has 0 saturated carbocycles. The van der Waals surface area contributed by atoms with Gasteiger partial charge in [-0.25, -0.2) is 8.42 Å². The van der Waals surface area contributed by atoms with Crippen LogP contribution in [0.25, 0.3) is 0 Å². The maximum Gasteiger partial charge on any atom is 0.261 e. The molecule has 126 valence electrons. The van der Waals surface area contributed by atoms with E-state index >= 15 is 0 Å². The highest BCUT2D eigenvalue weighted by molar-refractivity contribution is 7.92. The number of hydrogen-bond acceptors (Lipinski definition) is 3. The normalized spacial score (nSPS) is 10.9. The first-order valence-corrected chi connectivity index (χ1v) is 8.91. The van der Waals surface area contributed by atoms with Gasteiger partial charge in [0, 0.05) is 12.1 Å². The molecule has 0 aliphatic heterocycles. The third-order valence-electron chi connectivity index (χ3n) is 3.55. The second-order valence-corrected chi connectivity index (χ2v) is 7.08. The summed E-state index contributed by atoms with van der Waals surface area (Å²) in [5.41, 5.74) is 2.66. The van der Waals surface area contributed by atoms with Crippen LogP contribution in [0.2, 0.25) is 0 Å². The first-order chi connectivity index (χ1) is 11.3. The molecule has 0 heterocycles. The molecule has 0 spiro atoms. The van der Waals surface area contributed by atoms with Crippen molar-refractivity contribution >= 4 is 21.6 Å². The van der Waals surface area contributed by atoms with Crippen LogP contribution in [0.5, 0.6) is 0 Å². The zero-order valence-electron chi connectivity index (χ0n) is 13.7. The van der Waals surface area contributed by atoms with Crippen LogP contribution in [0.3, 0.4) is 0 Å². The fourth-order valence-corrected chi connectivity index (χ4v) is 3.42. The van der Waals surface area contributed by atoms with E-state index in [4.69, 9.17) is 0 Å². The zero-order chi connectivity index (χ0) is 17.7. The van der Waals surface area contributed by atoms with Crippen molar-refractivity contribution in [2.24, 2.45) is 0 Å². The molecule has 0 saturated heterocycles. The third kappa shape index (κ3) is 4.02. The summed E-state index contributed by atoms with van der Waals surface area (Å²) in [6, 6.07) is 11.4. The highest BCUT2D eigenvalue weighted by atomic mass is 32.2. The summed E-state index contributed by atoms with van der Waals surface area (Å²) in [7, 11) is -3.72. The number of carbonyl (C=O) groups excluding carboxylic acids is 1. The van der Waals surface area contributed by atoms with Crippen molar-refractivity contribution in [1.82, 2.24) is 5.32 Å².